The van der Waals surface area contributed by atoms with Gasteiger partial charge in [-0.1, -0.05) is 41.9 Å². The van der Waals surface area contributed by atoms with Gasteiger partial charge in [0.05, 0.1) is 0 Å². The number of benzene rings is 1. The second-order valence-corrected chi connectivity index (χ2v) is 5.28. The van der Waals surface area contributed by atoms with Crippen LogP contribution < -0.4 is 5.32 Å². The molecule has 0 aliphatic heterocycles. The molecule has 1 N–H and O–H groups in total. The van der Waals surface area contributed by atoms with Crippen LogP contribution >= 0.6 is 11.6 Å². The highest BCUT2D eigenvalue weighted by Gasteiger charge is 2.26. The Balaban J connectivity index is 2.84. The van der Waals surface area contributed by atoms with E-state index in [1.54, 1.807) is 51.1 Å². The zero-order valence-electron chi connectivity index (χ0n) is 11.7. The van der Waals surface area contributed by atoms with Crippen molar-refractivity contribution in [2.24, 2.45) is 0 Å². The Morgan fingerprint density at radius 2 is 1.85 bits per heavy atom. The smallest absolute Gasteiger partial charge is 0.408 e. The summed E-state index contributed by atoms with van der Waals surface area (Å²) in [6.45, 7) is 5.21. The Hall–Kier alpha value is -1.75. The van der Waals surface area contributed by atoms with Crippen LogP contribution in [0.25, 0.3) is 0 Å². The largest absolute Gasteiger partial charge is 0.448 e. The highest BCUT2D eigenvalue weighted by molar-refractivity contribution is 6.17. The quantitative estimate of drug-likeness (QED) is 0.685. The summed E-state index contributed by atoms with van der Waals surface area (Å²) in [6, 6.07) is 7.50. The highest BCUT2D eigenvalue weighted by Crippen LogP contribution is 2.16. The normalized spacial score (nSPS) is 12.4. The lowest BCUT2D eigenvalue weighted by atomic mass is 10.1. The molecule has 1 aromatic rings. The van der Waals surface area contributed by atoms with Crippen molar-refractivity contribution in [3.05, 3.63) is 35.9 Å². The molecule has 0 spiro atoms. The fraction of sp³-hybridized carbons (Fsp3) is 0.429. The Labute approximate surface area is 123 Å². The number of alkyl carbamates (subject to hydrolysis) is 1. The molecule has 0 bridgehead atoms. The number of hydrogen-bond acceptors (Lipinski definition) is 4. The molecule has 0 aliphatic carbocycles. The lowest BCUT2D eigenvalue weighted by Crippen LogP contribution is -2.38. The molecule has 0 radical (unpaired) electrons. The van der Waals surface area contributed by atoms with Crippen LogP contribution in [0.2, 0.25) is 0 Å². The number of carbonyl (C=O) groups excluding carboxylic acids is 2. The minimum Gasteiger partial charge on any atom is -0.448 e. The first kappa shape index (κ1) is 16.3. The molecule has 0 saturated heterocycles. The maximum absolute atomic E-state index is 11.9. The Morgan fingerprint density at radius 1 is 1.25 bits per heavy atom. The predicted octanol–water partition coefficient (Wildman–Crippen LogP) is 2.99. The van der Waals surface area contributed by atoms with Crippen LogP contribution in [-0.2, 0) is 14.3 Å². The van der Waals surface area contributed by atoms with E-state index in [9.17, 15) is 9.59 Å². The highest BCUT2D eigenvalue weighted by atomic mass is 35.5. The zero-order chi connectivity index (χ0) is 15.2. The van der Waals surface area contributed by atoms with Crippen LogP contribution in [0, 0.1) is 0 Å². The minimum absolute atomic E-state index is 0.280. The molecule has 20 heavy (non-hydrogen) atoms. The van der Waals surface area contributed by atoms with Crippen LogP contribution in [-0.4, -0.2) is 23.7 Å². The van der Waals surface area contributed by atoms with E-state index in [0.717, 1.165) is 0 Å². The van der Waals surface area contributed by atoms with E-state index in [-0.39, 0.29) is 6.07 Å². The molecule has 0 heterocycles. The van der Waals surface area contributed by atoms with Crippen molar-refractivity contribution in [1.29, 1.82) is 0 Å². The number of nitrogens with one attached hydrogen (secondary N) is 1. The van der Waals surface area contributed by atoms with Crippen LogP contribution in [0.15, 0.2) is 30.3 Å². The van der Waals surface area contributed by atoms with Crippen LogP contribution in [0.1, 0.15) is 32.4 Å². The SMILES string of the molecule is CC(C)(C)OC(=O)N[C@H](C(=O)OCCl)c1ccccc1. The number of amides is 1. The Kier molecular flexibility index (Phi) is 5.82. The first-order valence-corrected chi connectivity index (χ1v) is 6.64. The van der Waals surface area contributed by atoms with E-state index in [1.807, 2.05) is 0 Å². The average molecular weight is 300 g/mol. The first-order chi connectivity index (χ1) is 9.33. The van der Waals surface area contributed by atoms with Crippen molar-refractivity contribution in [2.45, 2.75) is 32.4 Å². The molecule has 110 valence electrons. The number of halogens is 1. The first-order valence-electron chi connectivity index (χ1n) is 6.10. The molecule has 0 unspecified atom stereocenters. The van der Waals surface area contributed by atoms with E-state index < -0.39 is 23.7 Å². The molecule has 0 fully saturated rings. The number of alkyl halides is 1. The van der Waals surface area contributed by atoms with Gasteiger partial charge >= 0.3 is 12.1 Å². The average Bonchev–Trinajstić information content (AvgIpc) is 2.35. The van der Waals surface area contributed by atoms with E-state index in [4.69, 9.17) is 21.1 Å². The van der Waals surface area contributed by atoms with Gasteiger partial charge in [-0.15, -0.1) is 0 Å². The molecule has 0 aromatic heterocycles. The lowest BCUT2D eigenvalue weighted by Gasteiger charge is -2.22. The summed E-state index contributed by atoms with van der Waals surface area (Å²) in [7, 11) is 0. The molecule has 1 atom stereocenters. The predicted molar refractivity (Wildman–Crippen MR) is 75.4 cm³/mol. The summed E-state index contributed by atoms with van der Waals surface area (Å²) in [5, 5.41) is 2.48. The second-order valence-electron chi connectivity index (χ2n) is 5.06. The van der Waals surface area contributed by atoms with Crippen LogP contribution in [0.4, 0.5) is 4.79 Å². The van der Waals surface area contributed by atoms with E-state index in [1.165, 1.54) is 0 Å². The minimum atomic E-state index is -0.954. The van der Waals surface area contributed by atoms with Crippen LogP contribution in [0.3, 0.4) is 0 Å². The fourth-order valence-electron chi connectivity index (χ4n) is 1.49. The van der Waals surface area contributed by atoms with Gasteiger partial charge in [-0.25, -0.2) is 9.59 Å². The molecule has 1 amide bonds. The van der Waals surface area contributed by atoms with Crippen molar-refractivity contribution in [3.8, 4) is 0 Å². The van der Waals surface area contributed by atoms with Gasteiger partial charge in [-0.2, -0.15) is 0 Å². The van der Waals surface area contributed by atoms with Crippen molar-refractivity contribution >= 4 is 23.7 Å². The number of esters is 1. The molecular formula is C14H18ClNO4. The maximum Gasteiger partial charge on any atom is 0.408 e. The molecule has 5 nitrogen and oxygen atoms in total. The van der Waals surface area contributed by atoms with E-state index in [2.05, 4.69) is 5.32 Å². The van der Waals surface area contributed by atoms with Crippen molar-refractivity contribution in [2.75, 3.05) is 6.07 Å². The van der Waals surface area contributed by atoms with E-state index >= 15 is 0 Å². The van der Waals surface area contributed by atoms with Gasteiger partial charge in [0.15, 0.2) is 12.1 Å². The standard InChI is InChI=1S/C14H18ClNO4/c1-14(2,3)20-13(18)16-11(12(17)19-9-15)10-7-5-4-6-8-10/h4-8,11H,9H2,1-3H3,(H,16,18)/t11-/m0/s1. The number of rotatable bonds is 4. The third-order valence-electron chi connectivity index (χ3n) is 2.23. The molecule has 6 heteroatoms. The number of ether oxygens (including phenoxy) is 2. The summed E-state index contributed by atoms with van der Waals surface area (Å²) in [6.07, 6.45) is -0.696. The summed E-state index contributed by atoms with van der Waals surface area (Å²) >= 11 is 5.38. The second kappa shape index (κ2) is 7.14. The van der Waals surface area contributed by atoms with Crippen molar-refractivity contribution in [1.82, 2.24) is 5.32 Å². The third kappa shape index (κ3) is 5.48. The maximum atomic E-state index is 11.9. The van der Waals surface area contributed by atoms with Gasteiger partial charge in [0, 0.05) is 0 Å². The Bertz CT molecular complexity index is 456. The van der Waals surface area contributed by atoms with Gasteiger partial charge in [0.25, 0.3) is 0 Å². The molecule has 0 aliphatic rings. The Morgan fingerprint density at radius 3 is 2.35 bits per heavy atom. The zero-order valence-corrected chi connectivity index (χ0v) is 12.4. The number of hydrogen-bond donors (Lipinski definition) is 1. The monoisotopic (exact) mass is 299 g/mol. The van der Waals surface area contributed by atoms with Gasteiger partial charge in [-0.05, 0) is 26.3 Å². The summed E-state index contributed by atoms with van der Waals surface area (Å²) in [4.78, 5) is 23.6. The topological polar surface area (TPSA) is 64.6 Å². The fourth-order valence-corrected chi connectivity index (χ4v) is 1.59. The van der Waals surface area contributed by atoms with E-state index in [0.29, 0.717) is 5.56 Å². The van der Waals surface area contributed by atoms with Crippen molar-refractivity contribution < 1.29 is 19.1 Å². The molecular weight excluding hydrogens is 282 g/mol. The summed E-state index contributed by atoms with van der Waals surface area (Å²) in [5.74, 6) is -0.642. The molecule has 0 saturated carbocycles. The summed E-state index contributed by atoms with van der Waals surface area (Å²) in [5.41, 5.74) is -0.0599. The van der Waals surface area contributed by atoms with Gasteiger partial charge in [0.1, 0.15) is 5.60 Å². The lowest BCUT2D eigenvalue weighted by molar-refractivity contribution is -0.144. The van der Waals surface area contributed by atoms with Crippen LogP contribution in [0.5, 0.6) is 0 Å². The summed E-state index contributed by atoms with van der Waals surface area (Å²) < 4.78 is 9.87. The number of carbonyl (C=O) groups is 2. The van der Waals surface area contributed by atoms with Gasteiger partial charge in [0.2, 0.25) is 0 Å². The van der Waals surface area contributed by atoms with Gasteiger partial charge < -0.3 is 14.8 Å². The molecule has 1 aromatic carbocycles. The van der Waals surface area contributed by atoms with Gasteiger partial charge in [-0.3, -0.25) is 0 Å². The van der Waals surface area contributed by atoms with Crippen molar-refractivity contribution in [3.63, 3.8) is 0 Å². The molecule has 1 rings (SSSR count). The third-order valence-corrected chi connectivity index (χ3v) is 2.34.